The Morgan fingerprint density at radius 1 is 1.50 bits per heavy atom. The first-order valence-electron chi connectivity index (χ1n) is 3.72. The maximum Gasteiger partial charge on any atom is 0.316 e. The van der Waals surface area contributed by atoms with Gasteiger partial charge < -0.3 is 4.74 Å². The molecule has 0 unspecified atom stereocenters. The summed E-state index contributed by atoms with van der Waals surface area (Å²) in [5.41, 5.74) is 0. The minimum atomic E-state index is -0.850. The fraction of sp³-hybridized carbons (Fsp3) is 0.625. The van der Waals surface area contributed by atoms with E-state index in [1.807, 2.05) is 0 Å². The van der Waals surface area contributed by atoms with E-state index in [1.54, 1.807) is 0 Å². The number of methoxy groups -OCH3 is 1. The lowest BCUT2D eigenvalue weighted by atomic mass is 10.1. The van der Waals surface area contributed by atoms with Gasteiger partial charge in [0.25, 0.3) is 0 Å². The molecule has 1 fully saturated rings. The van der Waals surface area contributed by atoms with Gasteiger partial charge in [-0.15, -0.1) is 0 Å². The average molecular weight is 170 g/mol. The Kier molecular flexibility index (Phi) is 2.26. The third-order valence-corrected chi connectivity index (χ3v) is 2.14. The third-order valence-electron chi connectivity index (χ3n) is 2.14. The van der Waals surface area contributed by atoms with E-state index in [9.17, 15) is 14.4 Å². The standard InChI is InChI=1S/C8H10O4/c1-4-6(9)3-5(7(4)10)8(11)12-2/h4-5H,3H2,1-2H3/t4-,5-/m1/s1. The van der Waals surface area contributed by atoms with E-state index in [0.29, 0.717) is 0 Å². The van der Waals surface area contributed by atoms with Crippen LogP contribution < -0.4 is 0 Å². The highest BCUT2D eigenvalue weighted by Gasteiger charge is 2.42. The van der Waals surface area contributed by atoms with E-state index in [4.69, 9.17) is 0 Å². The van der Waals surface area contributed by atoms with Crippen LogP contribution in [0.3, 0.4) is 0 Å². The third kappa shape index (κ3) is 1.24. The second-order valence-corrected chi connectivity index (χ2v) is 2.87. The van der Waals surface area contributed by atoms with E-state index >= 15 is 0 Å². The van der Waals surface area contributed by atoms with Crippen molar-refractivity contribution in [1.29, 1.82) is 0 Å². The van der Waals surface area contributed by atoms with E-state index in [-0.39, 0.29) is 18.0 Å². The summed E-state index contributed by atoms with van der Waals surface area (Å²) < 4.78 is 4.39. The molecule has 0 spiro atoms. The molecule has 4 heteroatoms. The molecule has 0 N–H and O–H groups in total. The minimum Gasteiger partial charge on any atom is -0.468 e. The Balaban J connectivity index is 2.78. The molecule has 0 radical (unpaired) electrons. The number of carbonyl (C=O) groups excluding carboxylic acids is 3. The number of ether oxygens (including phenoxy) is 1. The summed E-state index contributed by atoms with van der Waals surface area (Å²) in [6.07, 6.45) is 0.00662. The predicted octanol–water partition coefficient (Wildman–Crippen LogP) is -0.0464. The van der Waals surface area contributed by atoms with Crippen LogP contribution >= 0.6 is 0 Å². The zero-order chi connectivity index (χ0) is 9.30. The van der Waals surface area contributed by atoms with Gasteiger partial charge in [-0.1, -0.05) is 0 Å². The second kappa shape index (κ2) is 3.05. The highest BCUT2D eigenvalue weighted by atomic mass is 16.5. The van der Waals surface area contributed by atoms with Crippen molar-refractivity contribution >= 4 is 17.5 Å². The Labute approximate surface area is 69.9 Å². The molecule has 0 aliphatic heterocycles. The van der Waals surface area contributed by atoms with E-state index in [2.05, 4.69) is 4.74 Å². The Bertz CT molecular complexity index is 243. The first-order valence-corrected chi connectivity index (χ1v) is 3.72. The number of rotatable bonds is 1. The SMILES string of the molecule is COC(=O)[C@@H]1CC(=O)[C@@H](C)C1=O. The van der Waals surface area contributed by atoms with Crippen LogP contribution in [0.2, 0.25) is 0 Å². The smallest absolute Gasteiger partial charge is 0.316 e. The van der Waals surface area contributed by atoms with Gasteiger partial charge in [0, 0.05) is 6.42 Å². The van der Waals surface area contributed by atoms with E-state index in [1.165, 1.54) is 14.0 Å². The fourth-order valence-corrected chi connectivity index (χ4v) is 1.28. The predicted molar refractivity (Wildman–Crippen MR) is 39.3 cm³/mol. The van der Waals surface area contributed by atoms with Gasteiger partial charge in [-0.05, 0) is 6.92 Å². The molecule has 0 aromatic rings. The number of hydrogen-bond acceptors (Lipinski definition) is 4. The van der Waals surface area contributed by atoms with Crippen LogP contribution in [-0.4, -0.2) is 24.6 Å². The molecular weight excluding hydrogens is 160 g/mol. The molecule has 4 nitrogen and oxygen atoms in total. The van der Waals surface area contributed by atoms with Gasteiger partial charge in [-0.2, -0.15) is 0 Å². The van der Waals surface area contributed by atoms with Gasteiger partial charge in [0.1, 0.15) is 11.7 Å². The van der Waals surface area contributed by atoms with Crippen LogP contribution in [0.5, 0.6) is 0 Å². The molecule has 1 saturated carbocycles. The van der Waals surface area contributed by atoms with Crippen molar-refractivity contribution < 1.29 is 19.1 Å². The summed E-state index contributed by atoms with van der Waals surface area (Å²) in [5, 5.41) is 0. The molecule has 1 aliphatic carbocycles. The molecule has 0 saturated heterocycles. The lowest BCUT2D eigenvalue weighted by Gasteiger charge is -2.03. The minimum absolute atomic E-state index is 0.00662. The van der Waals surface area contributed by atoms with Gasteiger partial charge in [0.05, 0.1) is 13.0 Å². The van der Waals surface area contributed by atoms with Gasteiger partial charge in [0.15, 0.2) is 5.78 Å². The van der Waals surface area contributed by atoms with Gasteiger partial charge in [0.2, 0.25) is 0 Å². The van der Waals surface area contributed by atoms with Crippen LogP contribution in [0.1, 0.15) is 13.3 Å². The fourth-order valence-electron chi connectivity index (χ4n) is 1.28. The molecule has 2 atom stereocenters. The summed E-state index contributed by atoms with van der Waals surface area (Å²) in [6, 6.07) is 0. The normalized spacial score (nSPS) is 29.2. The molecule has 66 valence electrons. The maximum absolute atomic E-state index is 11.2. The zero-order valence-corrected chi connectivity index (χ0v) is 6.99. The number of hydrogen-bond donors (Lipinski definition) is 0. The summed E-state index contributed by atoms with van der Waals surface area (Å²) in [4.78, 5) is 33.1. The Morgan fingerprint density at radius 3 is 2.42 bits per heavy atom. The van der Waals surface area contributed by atoms with Crippen molar-refractivity contribution in [2.75, 3.05) is 7.11 Å². The van der Waals surface area contributed by atoms with Crippen LogP contribution in [0, 0.1) is 11.8 Å². The van der Waals surface area contributed by atoms with Gasteiger partial charge in [-0.3, -0.25) is 14.4 Å². The topological polar surface area (TPSA) is 60.4 Å². The van der Waals surface area contributed by atoms with E-state index < -0.39 is 17.8 Å². The number of Topliss-reactive ketones (excluding diaryl/α,β-unsaturated/α-hetero) is 2. The average Bonchev–Trinajstić information content (AvgIpc) is 2.32. The van der Waals surface area contributed by atoms with Gasteiger partial charge in [-0.25, -0.2) is 0 Å². The summed E-state index contributed by atoms with van der Waals surface area (Å²) in [5.74, 6) is -2.56. The Morgan fingerprint density at radius 2 is 2.08 bits per heavy atom. The maximum atomic E-state index is 11.2. The highest BCUT2D eigenvalue weighted by molar-refractivity contribution is 6.17. The summed E-state index contributed by atoms with van der Waals surface area (Å²) >= 11 is 0. The van der Waals surface area contributed by atoms with Crippen molar-refractivity contribution in [3.8, 4) is 0 Å². The van der Waals surface area contributed by atoms with Crippen molar-refractivity contribution in [3.63, 3.8) is 0 Å². The largest absolute Gasteiger partial charge is 0.468 e. The molecule has 12 heavy (non-hydrogen) atoms. The quantitative estimate of drug-likeness (QED) is 0.409. The Hall–Kier alpha value is -1.19. The first kappa shape index (κ1) is 8.90. The second-order valence-electron chi connectivity index (χ2n) is 2.87. The molecular formula is C8H10O4. The number of carbonyl (C=O) groups is 3. The van der Waals surface area contributed by atoms with E-state index in [0.717, 1.165) is 0 Å². The van der Waals surface area contributed by atoms with Crippen molar-refractivity contribution in [2.24, 2.45) is 11.8 Å². The zero-order valence-electron chi connectivity index (χ0n) is 6.99. The molecule has 0 aromatic carbocycles. The summed E-state index contributed by atoms with van der Waals surface area (Å²) in [7, 11) is 1.21. The highest BCUT2D eigenvalue weighted by Crippen LogP contribution is 2.24. The van der Waals surface area contributed by atoms with Crippen LogP contribution in [-0.2, 0) is 19.1 Å². The molecule has 0 heterocycles. The molecule has 0 amide bonds. The lowest BCUT2D eigenvalue weighted by Crippen LogP contribution is -2.22. The lowest BCUT2D eigenvalue weighted by molar-refractivity contribution is -0.148. The summed E-state index contributed by atoms with van der Waals surface area (Å²) in [6.45, 7) is 1.52. The number of esters is 1. The molecule has 0 bridgehead atoms. The monoisotopic (exact) mass is 170 g/mol. The van der Waals surface area contributed by atoms with Crippen LogP contribution in [0.4, 0.5) is 0 Å². The van der Waals surface area contributed by atoms with Crippen molar-refractivity contribution in [1.82, 2.24) is 0 Å². The van der Waals surface area contributed by atoms with Crippen LogP contribution in [0.25, 0.3) is 0 Å². The van der Waals surface area contributed by atoms with Crippen LogP contribution in [0.15, 0.2) is 0 Å². The molecule has 1 aliphatic rings. The number of ketones is 2. The molecule has 1 rings (SSSR count). The first-order chi connectivity index (χ1) is 5.57. The van der Waals surface area contributed by atoms with Crippen molar-refractivity contribution in [3.05, 3.63) is 0 Å². The van der Waals surface area contributed by atoms with Gasteiger partial charge >= 0.3 is 5.97 Å². The van der Waals surface area contributed by atoms with Crippen molar-refractivity contribution in [2.45, 2.75) is 13.3 Å². The molecule has 0 aromatic heterocycles.